The summed E-state index contributed by atoms with van der Waals surface area (Å²) in [4.78, 5) is 25.4. The molecule has 108 valence electrons. The molecule has 1 aromatic rings. The number of carbonyl (C=O) groups excluding carboxylic acids is 2. The summed E-state index contributed by atoms with van der Waals surface area (Å²) in [6, 6.07) is 4.70. The fourth-order valence-corrected chi connectivity index (χ4v) is 2.25. The smallest absolute Gasteiger partial charge is 0.342 e. The van der Waals surface area contributed by atoms with E-state index in [0.717, 1.165) is 37.9 Å². The van der Waals surface area contributed by atoms with Gasteiger partial charge in [-0.3, -0.25) is 4.79 Å². The molecule has 5 nitrogen and oxygen atoms in total. The predicted octanol–water partition coefficient (Wildman–Crippen LogP) is 1.87. The number of hydrogen-bond donors (Lipinski definition) is 1. The number of esters is 1. The van der Waals surface area contributed by atoms with Crippen molar-refractivity contribution in [1.29, 1.82) is 0 Å². The molecule has 1 aromatic carbocycles. The van der Waals surface area contributed by atoms with Crippen LogP contribution in [0.2, 0.25) is 0 Å². The molecule has 2 rings (SSSR count). The van der Waals surface area contributed by atoms with Gasteiger partial charge in [-0.1, -0.05) is 6.07 Å². The maximum Gasteiger partial charge on any atom is 0.342 e. The molecule has 0 spiro atoms. The number of carbonyl (C=O) groups is 2. The molecule has 1 N–H and O–H groups in total. The quantitative estimate of drug-likeness (QED) is 0.856. The minimum Gasteiger partial charge on any atom is -0.507 e. The molecule has 0 radical (unpaired) electrons. The fourth-order valence-electron chi connectivity index (χ4n) is 2.25. The number of aromatic hydroxyl groups is 1. The Kier molecular flexibility index (Phi) is 4.61. The maximum atomic E-state index is 11.9. The molecular formula is C15H19NO4. The van der Waals surface area contributed by atoms with Crippen LogP contribution in [0, 0.1) is 6.92 Å². The van der Waals surface area contributed by atoms with Gasteiger partial charge in [0.1, 0.15) is 11.3 Å². The predicted molar refractivity (Wildman–Crippen MR) is 73.6 cm³/mol. The van der Waals surface area contributed by atoms with Crippen LogP contribution < -0.4 is 0 Å². The highest BCUT2D eigenvalue weighted by Gasteiger charge is 2.19. The van der Waals surface area contributed by atoms with Gasteiger partial charge in [-0.2, -0.15) is 0 Å². The van der Waals surface area contributed by atoms with E-state index in [4.69, 9.17) is 4.74 Å². The van der Waals surface area contributed by atoms with Crippen molar-refractivity contribution < 1.29 is 19.4 Å². The summed E-state index contributed by atoms with van der Waals surface area (Å²) >= 11 is 0. The third-order valence-corrected chi connectivity index (χ3v) is 3.41. The standard InChI is InChI=1S/C15H19NO4/c1-11-5-6-12(13(17)9-11)15(19)20-10-14(18)16-7-3-2-4-8-16/h5-6,9,17H,2-4,7-8,10H2,1H3. The Morgan fingerprint density at radius 3 is 2.60 bits per heavy atom. The molecule has 1 heterocycles. The Bertz CT molecular complexity index is 507. The minimum atomic E-state index is -0.673. The molecule has 0 bridgehead atoms. The molecule has 0 aromatic heterocycles. The Labute approximate surface area is 118 Å². The van der Waals surface area contributed by atoms with Crippen LogP contribution in [-0.4, -0.2) is 41.6 Å². The lowest BCUT2D eigenvalue weighted by Gasteiger charge is -2.26. The molecule has 1 saturated heterocycles. The molecule has 0 saturated carbocycles. The average Bonchev–Trinajstić information content (AvgIpc) is 2.45. The van der Waals surface area contributed by atoms with Gasteiger partial charge >= 0.3 is 5.97 Å². The number of piperidine rings is 1. The van der Waals surface area contributed by atoms with Crippen molar-refractivity contribution in [1.82, 2.24) is 4.90 Å². The van der Waals surface area contributed by atoms with Gasteiger partial charge in [0.25, 0.3) is 5.91 Å². The van der Waals surface area contributed by atoms with Gasteiger partial charge in [-0.15, -0.1) is 0 Å². The largest absolute Gasteiger partial charge is 0.507 e. The third kappa shape index (κ3) is 3.50. The average molecular weight is 277 g/mol. The number of aryl methyl sites for hydroxylation is 1. The van der Waals surface area contributed by atoms with E-state index in [2.05, 4.69) is 0 Å². The number of nitrogens with zero attached hydrogens (tertiary/aromatic N) is 1. The normalized spacial score (nSPS) is 14.9. The van der Waals surface area contributed by atoms with Crippen LogP contribution in [0.1, 0.15) is 35.2 Å². The topological polar surface area (TPSA) is 66.8 Å². The van der Waals surface area contributed by atoms with Crippen molar-refractivity contribution in [2.45, 2.75) is 26.2 Å². The first-order chi connectivity index (χ1) is 9.58. The number of benzene rings is 1. The van der Waals surface area contributed by atoms with Crippen LogP contribution >= 0.6 is 0 Å². The Morgan fingerprint density at radius 2 is 1.95 bits per heavy atom. The summed E-state index contributed by atoms with van der Waals surface area (Å²) in [5.74, 6) is -0.974. The first-order valence-corrected chi connectivity index (χ1v) is 6.82. The zero-order valence-electron chi connectivity index (χ0n) is 11.6. The number of phenols is 1. The lowest BCUT2D eigenvalue weighted by molar-refractivity contribution is -0.135. The third-order valence-electron chi connectivity index (χ3n) is 3.41. The Balaban J connectivity index is 1.89. The summed E-state index contributed by atoms with van der Waals surface area (Å²) < 4.78 is 4.97. The van der Waals surface area contributed by atoms with Gasteiger partial charge in [-0.25, -0.2) is 4.79 Å². The van der Waals surface area contributed by atoms with Crippen molar-refractivity contribution in [3.8, 4) is 5.75 Å². The molecule has 0 aliphatic carbocycles. The van der Waals surface area contributed by atoms with E-state index in [-0.39, 0.29) is 23.8 Å². The van der Waals surface area contributed by atoms with Crippen molar-refractivity contribution in [3.63, 3.8) is 0 Å². The van der Waals surface area contributed by atoms with E-state index >= 15 is 0 Å². The molecule has 1 aliphatic heterocycles. The summed E-state index contributed by atoms with van der Waals surface area (Å²) in [6.07, 6.45) is 3.14. The lowest BCUT2D eigenvalue weighted by atomic mass is 10.1. The molecule has 1 fully saturated rings. The van der Waals surface area contributed by atoms with E-state index in [1.165, 1.54) is 12.1 Å². The number of likely N-dealkylation sites (tertiary alicyclic amines) is 1. The second-order valence-electron chi connectivity index (χ2n) is 5.04. The highest BCUT2D eigenvalue weighted by molar-refractivity contribution is 5.93. The maximum absolute atomic E-state index is 11.9. The van der Waals surface area contributed by atoms with Gasteiger partial charge in [0.05, 0.1) is 0 Å². The number of amides is 1. The summed E-state index contributed by atoms with van der Waals surface area (Å²) in [6.45, 7) is 3.00. The number of rotatable bonds is 3. The highest BCUT2D eigenvalue weighted by Crippen LogP contribution is 2.19. The number of ether oxygens (including phenoxy) is 1. The first kappa shape index (κ1) is 14.4. The molecule has 0 atom stereocenters. The molecule has 1 aliphatic rings. The summed E-state index contributed by atoms with van der Waals surface area (Å²) in [5, 5.41) is 9.68. The number of phenolic OH excluding ortho intramolecular Hbond substituents is 1. The SMILES string of the molecule is Cc1ccc(C(=O)OCC(=O)N2CCCCC2)c(O)c1. The van der Waals surface area contributed by atoms with Crippen LogP contribution in [-0.2, 0) is 9.53 Å². The number of hydrogen-bond acceptors (Lipinski definition) is 4. The van der Waals surface area contributed by atoms with Gasteiger partial charge in [0, 0.05) is 13.1 Å². The van der Waals surface area contributed by atoms with Crippen LogP contribution in [0.4, 0.5) is 0 Å². The van der Waals surface area contributed by atoms with E-state index < -0.39 is 5.97 Å². The van der Waals surface area contributed by atoms with E-state index in [1.54, 1.807) is 11.0 Å². The van der Waals surface area contributed by atoms with Crippen LogP contribution in [0.25, 0.3) is 0 Å². The second kappa shape index (κ2) is 6.41. The molecular weight excluding hydrogens is 258 g/mol. The molecule has 20 heavy (non-hydrogen) atoms. The van der Waals surface area contributed by atoms with Crippen LogP contribution in [0.15, 0.2) is 18.2 Å². The van der Waals surface area contributed by atoms with E-state index in [1.807, 2.05) is 6.92 Å². The Morgan fingerprint density at radius 1 is 1.25 bits per heavy atom. The minimum absolute atomic E-state index is 0.0852. The van der Waals surface area contributed by atoms with Crippen molar-refractivity contribution in [3.05, 3.63) is 29.3 Å². The van der Waals surface area contributed by atoms with Crippen molar-refractivity contribution >= 4 is 11.9 Å². The summed E-state index contributed by atoms with van der Waals surface area (Å²) in [5.41, 5.74) is 0.936. The van der Waals surface area contributed by atoms with E-state index in [0.29, 0.717) is 0 Å². The first-order valence-electron chi connectivity index (χ1n) is 6.82. The molecule has 1 amide bonds. The summed E-state index contributed by atoms with van der Waals surface area (Å²) in [7, 11) is 0. The lowest BCUT2D eigenvalue weighted by Crippen LogP contribution is -2.38. The van der Waals surface area contributed by atoms with Gasteiger partial charge in [0.2, 0.25) is 0 Å². The zero-order valence-corrected chi connectivity index (χ0v) is 11.6. The second-order valence-corrected chi connectivity index (χ2v) is 5.04. The van der Waals surface area contributed by atoms with Crippen LogP contribution in [0.5, 0.6) is 5.75 Å². The molecule has 0 unspecified atom stereocenters. The zero-order chi connectivity index (χ0) is 14.5. The monoisotopic (exact) mass is 277 g/mol. The fraction of sp³-hybridized carbons (Fsp3) is 0.467. The Hall–Kier alpha value is -2.04. The van der Waals surface area contributed by atoms with Crippen molar-refractivity contribution in [2.75, 3.05) is 19.7 Å². The van der Waals surface area contributed by atoms with Gasteiger partial charge in [0.15, 0.2) is 6.61 Å². The van der Waals surface area contributed by atoms with Gasteiger partial charge in [-0.05, 0) is 43.9 Å². The van der Waals surface area contributed by atoms with Crippen molar-refractivity contribution in [2.24, 2.45) is 0 Å². The molecule has 5 heteroatoms. The van der Waals surface area contributed by atoms with Gasteiger partial charge < -0.3 is 14.7 Å². The van der Waals surface area contributed by atoms with Crippen LogP contribution in [0.3, 0.4) is 0 Å². The van der Waals surface area contributed by atoms with E-state index in [9.17, 15) is 14.7 Å². The highest BCUT2D eigenvalue weighted by atomic mass is 16.5.